The zero-order valence-electron chi connectivity index (χ0n) is 35.0. The van der Waals surface area contributed by atoms with Crippen molar-refractivity contribution in [2.75, 3.05) is 0 Å². The fourth-order valence-electron chi connectivity index (χ4n) is 8.12. The molecule has 0 bridgehead atoms. The largest absolute Gasteiger partial charge is 0.240 e. The number of nitrogens with zero attached hydrogens (tertiary/aromatic N) is 1. The highest BCUT2D eigenvalue weighted by Gasteiger charge is 2.40. The predicted molar refractivity (Wildman–Crippen MR) is 216 cm³/mol. The summed E-state index contributed by atoms with van der Waals surface area (Å²) in [4.78, 5) is 0. The summed E-state index contributed by atoms with van der Waals surface area (Å²) in [5.41, 5.74) is 15.8. The molecule has 3 heteroatoms. The molecule has 50 heavy (non-hydrogen) atoms. The summed E-state index contributed by atoms with van der Waals surface area (Å²) in [5, 5.41) is 0. The van der Waals surface area contributed by atoms with E-state index in [2.05, 4.69) is 116 Å². The Morgan fingerprint density at radius 2 is 0.920 bits per heavy atom. The molecule has 1 aromatic heterocycles. The fourth-order valence-corrected chi connectivity index (χ4v) is 8.12. The molecule has 240 valence electrons. The molecule has 1 aliphatic rings. The van der Waals surface area contributed by atoms with Crippen molar-refractivity contribution < 1.29 is 12.8 Å². The van der Waals surface area contributed by atoms with Gasteiger partial charge in [-0.25, -0.2) is 4.57 Å². The Labute approximate surface area is 306 Å². The van der Waals surface area contributed by atoms with Crippen LogP contribution in [0, 0.1) is 34.5 Å². The van der Waals surface area contributed by atoms with Gasteiger partial charge in [-0.1, -0.05) is 176 Å². The third kappa shape index (κ3) is 5.42. The first kappa shape index (κ1) is 25.6. The second-order valence-electron chi connectivity index (χ2n) is 13.7. The van der Waals surface area contributed by atoms with Gasteiger partial charge in [0.15, 0.2) is 6.20 Å². The van der Waals surface area contributed by atoms with Crippen molar-refractivity contribution in [3.63, 3.8) is 0 Å². The molecule has 0 fully saturated rings. The van der Waals surface area contributed by atoms with E-state index < -0.39 is 20.4 Å². The van der Waals surface area contributed by atoms with Gasteiger partial charge in [-0.15, -0.1) is 0 Å². The standard InChI is InChI=1S/C47H42B2N/c1-31-13-7-8-18-40(31)45-30-39(27-28-50(45)6)37-23-21-36(22-24-37)38-25-26-43-44(29-38)49(47-34(4)16-12-17-35(47)5)42-20-10-9-19-41(42)48(43)46-32(2)14-11-15-33(46)3/h7-30H,1-6H3/q+1/i2D3,4D3. The molecule has 0 spiro atoms. The van der Waals surface area contributed by atoms with Crippen LogP contribution < -0.4 is 37.3 Å². The topological polar surface area (TPSA) is 3.88 Å². The van der Waals surface area contributed by atoms with Gasteiger partial charge in [-0.3, -0.25) is 0 Å². The summed E-state index contributed by atoms with van der Waals surface area (Å²) >= 11 is 0. The molecule has 0 N–H and O–H groups in total. The minimum Gasteiger partial charge on any atom is -0.201 e. The molecule has 0 saturated heterocycles. The average molecular weight is 649 g/mol. The summed E-state index contributed by atoms with van der Waals surface area (Å²) in [5.74, 6) is 0. The summed E-state index contributed by atoms with van der Waals surface area (Å²) in [6, 6.07) is 47.1. The molecule has 8 rings (SSSR count). The van der Waals surface area contributed by atoms with Crippen LogP contribution in [0.25, 0.3) is 33.5 Å². The van der Waals surface area contributed by atoms with Crippen LogP contribution in [0.3, 0.4) is 0 Å². The van der Waals surface area contributed by atoms with E-state index in [1.165, 1.54) is 11.1 Å². The first-order chi connectivity index (χ1) is 26.7. The smallest absolute Gasteiger partial charge is 0.201 e. The molecule has 1 aliphatic heterocycles. The summed E-state index contributed by atoms with van der Waals surface area (Å²) in [6.07, 6.45) is 2.11. The highest BCUT2D eigenvalue weighted by atomic mass is 14.9. The van der Waals surface area contributed by atoms with Crippen LogP contribution in [0.2, 0.25) is 0 Å². The molecule has 0 aliphatic carbocycles. The summed E-state index contributed by atoms with van der Waals surface area (Å²) < 4.78 is 53.7. The Morgan fingerprint density at radius 3 is 1.52 bits per heavy atom. The second-order valence-corrected chi connectivity index (χ2v) is 13.7. The van der Waals surface area contributed by atoms with Crippen molar-refractivity contribution in [1.29, 1.82) is 0 Å². The molecular weight excluding hydrogens is 600 g/mol. The Hall–Kier alpha value is -5.40. The van der Waals surface area contributed by atoms with Gasteiger partial charge in [-0.2, -0.15) is 0 Å². The third-order valence-corrected chi connectivity index (χ3v) is 10.7. The molecule has 0 radical (unpaired) electrons. The monoisotopic (exact) mass is 648 g/mol. The minimum atomic E-state index is -2.33. The molecule has 0 unspecified atom stereocenters. The van der Waals surface area contributed by atoms with E-state index in [-0.39, 0.29) is 6.71 Å². The van der Waals surface area contributed by atoms with Crippen LogP contribution >= 0.6 is 0 Å². The van der Waals surface area contributed by atoms with Crippen LogP contribution in [0.5, 0.6) is 0 Å². The molecule has 2 heterocycles. The average Bonchev–Trinajstić information content (AvgIpc) is 3.17. The lowest BCUT2D eigenvalue weighted by atomic mass is 9.20. The fraction of sp³-hybridized carbons (Fsp3) is 0.128. The lowest BCUT2D eigenvalue weighted by Crippen LogP contribution is -2.75. The molecule has 1 nitrogen and oxygen atoms in total. The Kier molecular flexibility index (Phi) is 6.55. The maximum atomic E-state index is 8.62. The van der Waals surface area contributed by atoms with E-state index in [0.717, 1.165) is 71.9 Å². The highest BCUT2D eigenvalue weighted by molar-refractivity contribution is 7.11. The number of benzene rings is 6. The van der Waals surface area contributed by atoms with Crippen molar-refractivity contribution in [2.45, 2.75) is 34.5 Å². The van der Waals surface area contributed by atoms with Crippen molar-refractivity contribution in [3.05, 3.63) is 174 Å². The second kappa shape index (κ2) is 12.8. The Balaban J connectivity index is 1.32. The molecule has 7 aromatic rings. The highest BCUT2D eigenvalue weighted by Crippen LogP contribution is 2.28. The quantitative estimate of drug-likeness (QED) is 0.150. The molecule has 0 amide bonds. The van der Waals surface area contributed by atoms with Crippen molar-refractivity contribution in [1.82, 2.24) is 0 Å². The van der Waals surface area contributed by atoms with Gasteiger partial charge in [0.1, 0.15) is 7.05 Å². The van der Waals surface area contributed by atoms with Crippen LogP contribution in [-0.4, -0.2) is 13.4 Å². The molecule has 0 atom stereocenters. The van der Waals surface area contributed by atoms with Gasteiger partial charge in [0.05, 0.1) is 0 Å². The van der Waals surface area contributed by atoms with E-state index in [9.17, 15) is 0 Å². The van der Waals surface area contributed by atoms with Gasteiger partial charge < -0.3 is 0 Å². The summed E-state index contributed by atoms with van der Waals surface area (Å²) in [7, 11) is 2.07. The number of rotatable bonds is 5. The number of hydrogen-bond acceptors (Lipinski definition) is 0. The Bertz CT molecular complexity index is 2630. The number of hydrogen-bond donors (Lipinski definition) is 0. The first-order valence-electron chi connectivity index (χ1n) is 20.3. The summed E-state index contributed by atoms with van der Waals surface area (Å²) in [6.45, 7) is 0.696. The van der Waals surface area contributed by atoms with E-state index in [4.69, 9.17) is 8.22 Å². The van der Waals surface area contributed by atoms with Gasteiger partial charge in [0, 0.05) is 25.9 Å². The van der Waals surface area contributed by atoms with E-state index >= 15 is 0 Å². The predicted octanol–water partition coefficient (Wildman–Crippen LogP) is 6.40. The third-order valence-electron chi connectivity index (χ3n) is 10.7. The van der Waals surface area contributed by atoms with Crippen molar-refractivity contribution in [3.8, 4) is 33.5 Å². The van der Waals surface area contributed by atoms with Gasteiger partial charge in [0.2, 0.25) is 19.1 Å². The van der Waals surface area contributed by atoms with E-state index in [0.29, 0.717) is 11.1 Å². The lowest BCUT2D eigenvalue weighted by Gasteiger charge is -2.34. The van der Waals surface area contributed by atoms with Crippen LogP contribution in [0.1, 0.15) is 36.0 Å². The molecule has 6 aromatic carbocycles. The Morgan fingerprint density at radius 1 is 0.440 bits per heavy atom. The maximum Gasteiger partial charge on any atom is 0.240 e. The van der Waals surface area contributed by atoms with E-state index in [1.807, 2.05) is 50.2 Å². The SMILES string of the molecule is [2H]C([2H])([2H])c1cccc(C)c1B1c2ccccc2B(c2c(C)cccc2C([2H])([2H])[2H])c2cc(-c3ccc(-c4cc[n+](C)c(-c5ccccc5C)c4)cc3)ccc21. The lowest BCUT2D eigenvalue weighted by molar-refractivity contribution is -0.660. The molecular formula is C47H42B2N+. The number of fused-ring (bicyclic) bond motifs is 2. The van der Waals surface area contributed by atoms with E-state index in [1.54, 1.807) is 12.1 Å². The zero-order chi connectivity index (χ0) is 39.5. The normalized spacial score (nSPS) is 14.4. The van der Waals surface area contributed by atoms with Crippen LogP contribution in [0.4, 0.5) is 0 Å². The maximum absolute atomic E-state index is 8.62. The number of aryl methyl sites for hydroxylation is 6. The van der Waals surface area contributed by atoms with Crippen molar-refractivity contribution in [2.24, 2.45) is 7.05 Å². The van der Waals surface area contributed by atoms with Crippen LogP contribution in [-0.2, 0) is 7.05 Å². The van der Waals surface area contributed by atoms with Crippen LogP contribution in [0.15, 0.2) is 146 Å². The van der Waals surface area contributed by atoms with Gasteiger partial charge in [-0.05, 0) is 68.4 Å². The zero-order valence-corrected chi connectivity index (χ0v) is 29.0. The first-order valence-corrected chi connectivity index (χ1v) is 17.3. The van der Waals surface area contributed by atoms with Crippen molar-refractivity contribution >= 4 is 46.2 Å². The minimum absolute atomic E-state index is 0.330. The molecule has 0 saturated carbocycles. The van der Waals surface area contributed by atoms with Gasteiger partial charge >= 0.3 is 0 Å². The number of aromatic nitrogens is 1. The van der Waals surface area contributed by atoms with Gasteiger partial charge in [0.25, 0.3) is 0 Å². The number of pyridine rings is 1.